The second kappa shape index (κ2) is 6.00. The lowest BCUT2D eigenvalue weighted by Gasteiger charge is -2.46. The van der Waals surface area contributed by atoms with Crippen LogP contribution in [-0.2, 0) is 6.54 Å². The van der Waals surface area contributed by atoms with Crippen molar-refractivity contribution in [2.24, 2.45) is 11.8 Å². The second-order valence-corrected chi connectivity index (χ2v) is 6.83. The molecule has 4 heteroatoms. The third-order valence-electron chi connectivity index (χ3n) is 5.54. The highest BCUT2D eigenvalue weighted by Gasteiger charge is 2.35. The van der Waals surface area contributed by atoms with Crippen LogP contribution in [0.15, 0.2) is 36.7 Å². The Hall–Kier alpha value is -1.81. The van der Waals surface area contributed by atoms with Gasteiger partial charge in [0.2, 0.25) is 0 Å². The van der Waals surface area contributed by atoms with Gasteiger partial charge in [0.05, 0.1) is 24.5 Å². The van der Waals surface area contributed by atoms with Crippen LogP contribution in [0.5, 0.6) is 5.75 Å². The van der Waals surface area contributed by atoms with Gasteiger partial charge >= 0.3 is 0 Å². The van der Waals surface area contributed by atoms with Gasteiger partial charge < -0.3 is 9.30 Å². The van der Waals surface area contributed by atoms with Gasteiger partial charge in [0, 0.05) is 31.7 Å². The van der Waals surface area contributed by atoms with Gasteiger partial charge in [-0.25, -0.2) is 4.98 Å². The van der Waals surface area contributed by atoms with E-state index in [0.29, 0.717) is 6.04 Å². The first-order valence-electron chi connectivity index (χ1n) is 8.69. The third kappa shape index (κ3) is 2.65. The number of benzene rings is 1. The van der Waals surface area contributed by atoms with E-state index in [1.54, 1.807) is 7.11 Å². The Balaban J connectivity index is 1.50. The van der Waals surface area contributed by atoms with Crippen LogP contribution in [-0.4, -0.2) is 40.7 Å². The minimum Gasteiger partial charge on any atom is -0.497 e. The van der Waals surface area contributed by atoms with Crippen molar-refractivity contribution in [2.75, 3.05) is 20.2 Å². The summed E-state index contributed by atoms with van der Waals surface area (Å²) < 4.78 is 7.60. The Morgan fingerprint density at radius 3 is 2.96 bits per heavy atom. The first-order valence-corrected chi connectivity index (χ1v) is 8.69. The summed E-state index contributed by atoms with van der Waals surface area (Å²) in [6.45, 7) is 5.61. The number of hydrogen-bond donors (Lipinski definition) is 0. The largest absolute Gasteiger partial charge is 0.497 e. The molecule has 1 aliphatic carbocycles. The summed E-state index contributed by atoms with van der Waals surface area (Å²) in [5.41, 5.74) is 2.20. The Morgan fingerprint density at radius 2 is 2.17 bits per heavy atom. The topological polar surface area (TPSA) is 30.3 Å². The second-order valence-electron chi connectivity index (χ2n) is 6.83. The Bertz CT molecular complexity index is 720. The van der Waals surface area contributed by atoms with E-state index in [1.165, 1.54) is 19.4 Å². The van der Waals surface area contributed by atoms with Gasteiger partial charge in [-0.2, -0.15) is 0 Å². The highest BCUT2D eigenvalue weighted by atomic mass is 16.5. The molecule has 1 aromatic carbocycles. The van der Waals surface area contributed by atoms with Gasteiger partial charge in [0.25, 0.3) is 0 Å². The van der Waals surface area contributed by atoms with E-state index < -0.39 is 0 Å². The zero-order valence-corrected chi connectivity index (χ0v) is 14.0. The summed E-state index contributed by atoms with van der Waals surface area (Å²) in [7, 11) is 1.71. The van der Waals surface area contributed by atoms with Gasteiger partial charge in [-0.15, -0.1) is 0 Å². The van der Waals surface area contributed by atoms with E-state index in [-0.39, 0.29) is 0 Å². The maximum absolute atomic E-state index is 5.35. The molecule has 3 unspecified atom stereocenters. The smallest absolute Gasteiger partial charge is 0.121 e. The summed E-state index contributed by atoms with van der Waals surface area (Å²) in [4.78, 5) is 7.17. The fourth-order valence-corrected chi connectivity index (χ4v) is 4.24. The minimum atomic E-state index is 0.634. The molecule has 1 saturated heterocycles. The Labute approximate surface area is 137 Å². The molecule has 2 aromatic rings. The van der Waals surface area contributed by atoms with Crippen molar-refractivity contribution in [2.45, 2.75) is 32.4 Å². The van der Waals surface area contributed by atoms with Crippen LogP contribution in [0.25, 0.3) is 11.0 Å². The average molecular weight is 311 g/mol. The van der Waals surface area contributed by atoms with Gasteiger partial charge in [0.15, 0.2) is 0 Å². The van der Waals surface area contributed by atoms with Crippen LogP contribution in [0, 0.1) is 11.8 Å². The predicted octanol–water partition coefficient (Wildman–Crippen LogP) is 3.33. The highest BCUT2D eigenvalue weighted by Crippen LogP contribution is 2.35. The fraction of sp³-hybridized carbons (Fsp3) is 0.526. The Kier molecular flexibility index (Phi) is 3.85. The van der Waals surface area contributed by atoms with Crippen molar-refractivity contribution in [3.05, 3.63) is 36.7 Å². The summed E-state index contributed by atoms with van der Waals surface area (Å²) >= 11 is 0. The summed E-state index contributed by atoms with van der Waals surface area (Å²) in [5, 5.41) is 0. The minimum absolute atomic E-state index is 0.634. The number of hydrogen-bond acceptors (Lipinski definition) is 3. The fourth-order valence-electron chi connectivity index (χ4n) is 4.24. The molecular formula is C19H25N3O. The molecule has 0 amide bonds. The summed E-state index contributed by atoms with van der Waals surface area (Å²) in [6, 6.07) is 6.72. The monoisotopic (exact) mass is 311 g/mol. The van der Waals surface area contributed by atoms with Crippen molar-refractivity contribution in [3.63, 3.8) is 0 Å². The van der Waals surface area contributed by atoms with Crippen LogP contribution in [0.1, 0.15) is 19.8 Å². The van der Waals surface area contributed by atoms with E-state index in [0.717, 1.165) is 41.7 Å². The number of nitrogens with zero attached hydrogens (tertiary/aromatic N) is 3. The van der Waals surface area contributed by atoms with Crippen molar-refractivity contribution in [1.29, 1.82) is 0 Å². The molecular weight excluding hydrogens is 286 g/mol. The molecule has 1 fully saturated rings. The molecule has 5 rings (SSSR count). The maximum atomic E-state index is 5.35. The van der Waals surface area contributed by atoms with Crippen LogP contribution in [0.2, 0.25) is 0 Å². The molecule has 23 heavy (non-hydrogen) atoms. The first-order chi connectivity index (χ1) is 11.3. The third-order valence-corrected chi connectivity index (χ3v) is 5.54. The number of imidazole rings is 1. The lowest BCUT2D eigenvalue weighted by atomic mass is 9.76. The van der Waals surface area contributed by atoms with Gasteiger partial charge in [0.1, 0.15) is 5.75 Å². The number of methoxy groups -OCH3 is 1. The van der Waals surface area contributed by atoms with E-state index in [9.17, 15) is 0 Å². The van der Waals surface area contributed by atoms with E-state index >= 15 is 0 Å². The summed E-state index contributed by atoms with van der Waals surface area (Å²) in [5.74, 6) is 2.48. The lowest BCUT2D eigenvalue weighted by Crippen LogP contribution is -2.51. The molecule has 2 aliphatic heterocycles. The normalized spacial score (nSPS) is 27.0. The molecule has 0 spiro atoms. The SMILES string of the molecule is CCC1CC2C=CC1N(CCn1cnc3ccc(OC)cc31)C2. The van der Waals surface area contributed by atoms with Crippen molar-refractivity contribution < 1.29 is 4.74 Å². The van der Waals surface area contributed by atoms with Gasteiger partial charge in [-0.1, -0.05) is 25.5 Å². The highest BCUT2D eigenvalue weighted by molar-refractivity contribution is 5.77. The maximum Gasteiger partial charge on any atom is 0.121 e. The zero-order chi connectivity index (χ0) is 15.8. The van der Waals surface area contributed by atoms with E-state index in [1.807, 2.05) is 18.5 Å². The lowest BCUT2D eigenvalue weighted by molar-refractivity contribution is 0.0784. The first kappa shape index (κ1) is 14.8. The number of fused-ring (bicyclic) bond motifs is 3. The molecule has 3 heterocycles. The number of piperidine rings is 1. The molecule has 122 valence electrons. The molecule has 3 atom stereocenters. The van der Waals surface area contributed by atoms with Crippen LogP contribution >= 0.6 is 0 Å². The molecule has 0 N–H and O–H groups in total. The molecule has 0 saturated carbocycles. The molecule has 4 nitrogen and oxygen atoms in total. The van der Waals surface area contributed by atoms with Gasteiger partial charge in [-0.05, 0) is 30.4 Å². The molecule has 0 radical (unpaired) electrons. The Morgan fingerprint density at radius 1 is 1.26 bits per heavy atom. The van der Waals surface area contributed by atoms with Crippen molar-refractivity contribution in [1.82, 2.24) is 14.5 Å². The van der Waals surface area contributed by atoms with Crippen LogP contribution in [0.3, 0.4) is 0 Å². The molecule has 2 bridgehead atoms. The number of ether oxygens (including phenoxy) is 1. The summed E-state index contributed by atoms with van der Waals surface area (Å²) in [6.07, 6.45) is 9.50. The quantitative estimate of drug-likeness (QED) is 0.794. The van der Waals surface area contributed by atoms with E-state index in [4.69, 9.17) is 4.74 Å². The van der Waals surface area contributed by atoms with Crippen LogP contribution in [0.4, 0.5) is 0 Å². The standard InChI is InChI=1S/C19H25N3O/c1-3-15-10-14-4-7-18(15)21(12-14)8-9-22-13-20-17-6-5-16(23-2)11-19(17)22/h4-7,11,13-15,18H,3,8-10,12H2,1-2H3. The zero-order valence-electron chi connectivity index (χ0n) is 14.0. The molecule has 3 aliphatic rings. The molecule has 1 aromatic heterocycles. The number of aromatic nitrogens is 2. The predicted molar refractivity (Wildman–Crippen MR) is 92.7 cm³/mol. The van der Waals surface area contributed by atoms with Crippen molar-refractivity contribution in [3.8, 4) is 5.75 Å². The average Bonchev–Trinajstić information content (AvgIpc) is 3.02. The van der Waals surface area contributed by atoms with E-state index in [2.05, 4.69) is 39.6 Å². The number of rotatable bonds is 5. The van der Waals surface area contributed by atoms with Crippen LogP contribution < -0.4 is 4.74 Å². The van der Waals surface area contributed by atoms with Gasteiger partial charge in [-0.3, -0.25) is 4.90 Å². The van der Waals surface area contributed by atoms with Crippen molar-refractivity contribution >= 4 is 11.0 Å².